The van der Waals surface area contributed by atoms with Gasteiger partial charge in [-0.15, -0.1) is 0 Å². The van der Waals surface area contributed by atoms with E-state index in [9.17, 15) is 0 Å². The average molecular weight is 631 g/mol. The van der Waals surface area contributed by atoms with Gasteiger partial charge in [-0.2, -0.15) is 0 Å². The van der Waals surface area contributed by atoms with E-state index in [1.54, 1.807) is 11.1 Å². The molecule has 0 radical (unpaired) electrons. The summed E-state index contributed by atoms with van der Waals surface area (Å²) < 4.78 is 0. The van der Waals surface area contributed by atoms with Gasteiger partial charge in [0.05, 0.1) is 0 Å². The molecule has 3 saturated carbocycles. The highest BCUT2D eigenvalue weighted by atomic mass is 14.4. The number of rotatable bonds is 11. The normalized spacial score (nSPS) is 29.9. The Morgan fingerprint density at radius 3 is 2.00 bits per heavy atom. The zero-order valence-corrected chi connectivity index (χ0v) is 30.6. The van der Waals surface area contributed by atoms with Gasteiger partial charge < -0.3 is 0 Å². The summed E-state index contributed by atoms with van der Waals surface area (Å²) in [6, 6.07) is 9.07. The van der Waals surface area contributed by atoms with Crippen molar-refractivity contribution >= 4 is 0 Å². The lowest BCUT2D eigenvalue weighted by molar-refractivity contribution is 0.166. The zero-order chi connectivity index (χ0) is 33.1. The Labute approximate surface area is 289 Å². The number of hydrogen-bond donors (Lipinski definition) is 0. The van der Waals surface area contributed by atoms with Crippen LogP contribution < -0.4 is 0 Å². The van der Waals surface area contributed by atoms with Crippen LogP contribution in [0.15, 0.2) is 96.2 Å². The molecule has 0 heterocycles. The third-order valence-electron chi connectivity index (χ3n) is 14.1. The van der Waals surface area contributed by atoms with Crippen molar-refractivity contribution < 1.29 is 0 Å². The molecule has 47 heavy (non-hydrogen) atoms. The number of fused-ring (bicyclic) bond motifs is 1. The molecule has 1 aromatic rings. The molecule has 6 rings (SSSR count). The predicted molar refractivity (Wildman–Crippen MR) is 204 cm³/mol. The van der Waals surface area contributed by atoms with Gasteiger partial charge in [-0.05, 0) is 147 Å². The summed E-state index contributed by atoms with van der Waals surface area (Å²) in [5, 5.41) is 0. The van der Waals surface area contributed by atoms with Crippen LogP contribution in [0.25, 0.3) is 0 Å². The summed E-state index contributed by atoms with van der Waals surface area (Å²) in [6.07, 6.45) is 28.3. The van der Waals surface area contributed by atoms with Gasteiger partial charge in [-0.3, -0.25) is 0 Å². The van der Waals surface area contributed by atoms with Crippen molar-refractivity contribution in [3.8, 4) is 0 Å². The molecule has 254 valence electrons. The molecule has 0 heteroatoms. The molecule has 3 fully saturated rings. The Hall–Kier alpha value is -2.34. The summed E-state index contributed by atoms with van der Waals surface area (Å²) in [4.78, 5) is 0. The third kappa shape index (κ3) is 7.94. The minimum atomic E-state index is 0.0240. The van der Waals surface area contributed by atoms with E-state index in [0.717, 1.165) is 43.4 Å². The van der Waals surface area contributed by atoms with E-state index in [2.05, 4.69) is 63.8 Å². The molecular weight excluding hydrogens is 565 g/mol. The molecule has 0 spiro atoms. The van der Waals surface area contributed by atoms with Gasteiger partial charge in [0.25, 0.3) is 0 Å². The Kier molecular flexibility index (Phi) is 11.1. The zero-order valence-electron chi connectivity index (χ0n) is 30.6. The summed E-state index contributed by atoms with van der Waals surface area (Å²) in [5.41, 5.74) is 11.9. The smallest absolute Gasteiger partial charge is 0.00390 e. The third-order valence-corrected chi connectivity index (χ3v) is 14.1. The van der Waals surface area contributed by atoms with E-state index in [1.165, 1.54) is 123 Å². The van der Waals surface area contributed by atoms with Crippen LogP contribution in [0.3, 0.4) is 0 Å². The highest BCUT2D eigenvalue weighted by Gasteiger charge is 2.39. The minimum Gasteiger partial charge on any atom is -0.0995 e. The molecule has 0 aliphatic heterocycles. The predicted octanol–water partition coefficient (Wildman–Crippen LogP) is 13.5. The molecule has 0 bridgehead atoms. The van der Waals surface area contributed by atoms with Crippen LogP contribution in [0.4, 0.5) is 0 Å². The second-order valence-electron chi connectivity index (χ2n) is 17.5. The first kappa shape index (κ1) is 34.5. The maximum Gasteiger partial charge on any atom is -0.00390 e. The molecule has 1 aromatic carbocycles. The number of allylic oxidation sites excluding steroid dienone is 8. The fourth-order valence-corrected chi connectivity index (χ4v) is 10.9. The van der Waals surface area contributed by atoms with Crippen LogP contribution in [-0.4, -0.2) is 0 Å². The lowest BCUT2D eigenvalue weighted by Gasteiger charge is -2.43. The van der Waals surface area contributed by atoms with Gasteiger partial charge in [0.2, 0.25) is 0 Å². The summed E-state index contributed by atoms with van der Waals surface area (Å²) in [5.74, 6) is 5.28. The van der Waals surface area contributed by atoms with Crippen molar-refractivity contribution in [2.45, 2.75) is 136 Å². The molecule has 0 aromatic heterocycles. The molecule has 0 nitrogen and oxygen atoms in total. The first-order valence-electron chi connectivity index (χ1n) is 19.8. The largest absolute Gasteiger partial charge is 0.0995 e. The van der Waals surface area contributed by atoms with Gasteiger partial charge in [0.15, 0.2) is 0 Å². The van der Waals surface area contributed by atoms with E-state index in [1.807, 2.05) is 0 Å². The highest BCUT2D eigenvalue weighted by Crippen LogP contribution is 2.52. The lowest BCUT2D eigenvalue weighted by atomic mass is 9.61. The highest BCUT2D eigenvalue weighted by molar-refractivity contribution is 5.44. The Balaban J connectivity index is 1.10. The Bertz CT molecular complexity index is 1370. The lowest BCUT2D eigenvalue weighted by Crippen LogP contribution is -2.31. The monoisotopic (exact) mass is 631 g/mol. The molecular formula is C47H66. The molecule has 2 atom stereocenters. The van der Waals surface area contributed by atoms with Crippen LogP contribution in [0.5, 0.6) is 0 Å². The van der Waals surface area contributed by atoms with Crippen LogP contribution in [0.2, 0.25) is 0 Å². The summed E-state index contributed by atoms with van der Waals surface area (Å²) >= 11 is 0. The molecule has 1 unspecified atom stereocenters. The maximum absolute atomic E-state index is 4.98. The van der Waals surface area contributed by atoms with Gasteiger partial charge in [-0.1, -0.05) is 143 Å². The molecule has 0 amide bonds. The number of hydrogen-bond acceptors (Lipinski definition) is 0. The van der Waals surface area contributed by atoms with Gasteiger partial charge >= 0.3 is 0 Å². The van der Waals surface area contributed by atoms with Gasteiger partial charge in [0.1, 0.15) is 0 Å². The SMILES string of the molecule is C=C(C[C@@](C)(CC(=C)C1CCC(C2Cc3ccccc3CC2=C)CC1)C(=C)C1CCC(C2CCCCC2)CC1)C1=CC=C(C(C)C)C1. The first-order chi connectivity index (χ1) is 22.6. The number of benzene rings is 1. The van der Waals surface area contributed by atoms with Crippen molar-refractivity contribution in [1.82, 2.24) is 0 Å². The maximum atomic E-state index is 4.98. The quantitative estimate of drug-likeness (QED) is 0.213. The van der Waals surface area contributed by atoms with Crippen molar-refractivity contribution in [3.63, 3.8) is 0 Å². The van der Waals surface area contributed by atoms with E-state index in [0.29, 0.717) is 23.7 Å². The fraction of sp³-hybridized carbons (Fsp3) is 0.617. The first-order valence-corrected chi connectivity index (χ1v) is 19.8. The standard InChI is InChI=1S/C47H66/c1-32(2)42-25-26-43(28-42)35(5)31-47(7,36(6)38-19-21-40(22-20-38)39-13-9-8-10-14-39)30-34(4)37-17-23-41(24-18-37)46-29-45-16-12-11-15-44(45)27-33(46)3/h11-12,15-16,25-26,32,37-41,46H,3-6,8-10,13-14,17-24,27-31H2,1-2,7H3/t37?,38?,40?,41?,46?,47-/m1/s1. The van der Waals surface area contributed by atoms with Crippen LogP contribution in [0.1, 0.15) is 135 Å². The molecule has 0 saturated heterocycles. The fourth-order valence-electron chi connectivity index (χ4n) is 10.9. The summed E-state index contributed by atoms with van der Waals surface area (Å²) in [7, 11) is 0. The molecule has 5 aliphatic rings. The second-order valence-corrected chi connectivity index (χ2v) is 17.5. The summed E-state index contributed by atoms with van der Waals surface area (Å²) in [6.45, 7) is 26.4. The van der Waals surface area contributed by atoms with Crippen molar-refractivity contribution in [2.75, 3.05) is 0 Å². The van der Waals surface area contributed by atoms with Crippen molar-refractivity contribution in [2.24, 2.45) is 46.8 Å². The van der Waals surface area contributed by atoms with Crippen LogP contribution in [0, 0.1) is 46.8 Å². The van der Waals surface area contributed by atoms with Gasteiger partial charge in [0, 0.05) is 0 Å². The van der Waals surface area contributed by atoms with E-state index in [4.69, 9.17) is 19.7 Å². The molecule has 5 aliphatic carbocycles. The second kappa shape index (κ2) is 15.0. The average Bonchev–Trinajstić information content (AvgIpc) is 3.60. The Morgan fingerprint density at radius 2 is 1.34 bits per heavy atom. The minimum absolute atomic E-state index is 0.0240. The Morgan fingerprint density at radius 1 is 0.723 bits per heavy atom. The van der Waals surface area contributed by atoms with E-state index < -0.39 is 0 Å². The van der Waals surface area contributed by atoms with Crippen LogP contribution in [-0.2, 0) is 12.8 Å². The van der Waals surface area contributed by atoms with Crippen molar-refractivity contribution in [3.05, 3.63) is 107 Å². The van der Waals surface area contributed by atoms with E-state index in [-0.39, 0.29) is 5.41 Å². The van der Waals surface area contributed by atoms with Crippen LogP contribution >= 0.6 is 0 Å². The topological polar surface area (TPSA) is 0 Å². The van der Waals surface area contributed by atoms with E-state index >= 15 is 0 Å². The van der Waals surface area contributed by atoms with Gasteiger partial charge in [-0.25, -0.2) is 0 Å². The molecule has 0 N–H and O–H groups in total. The van der Waals surface area contributed by atoms with Crippen molar-refractivity contribution in [1.29, 1.82) is 0 Å².